The molecule has 1 amide bonds. The number of hydrogen-bond donors (Lipinski definition) is 0. The average Bonchev–Trinajstić information content (AvgIpc) is 2.97. The summed E-state index contributed by atoms with van der Waals surface area (Å²) in [6.07, 6.45) is 0. The summed E-state index contributed by atoms with van der Waals surface area (Å²) in [5, 5.41) is 4.78. The van der Waals surface area contributed by atoms with Crippen LogP contribution < -0.4 is 0 Å². The summed E-state index contributed by atoms with van der Waals surface area (Å²) in [5.74, 6) is 0.470. The molecule has 0 bridgehead atoms. The quantitative estimate of drug-likeness (QED) is 0.857. The highest BCUT2D eigenvalue weighted by atomic mass is 32.1. The largest absolute Gasteiger partial charge is 0.340 e. The van der Waals surface area contributed by atoms with Gasteiger partial charge in [0.2, 0.25) is 0 Å². The van der Waals surface area contributed by atoms with Crippen molar-refractivity contribution in [2.24, 2.45) is 5.92 Å². The lowest BCUT2D eigenvalue weighted by molar-refractivity contribution is 0.0774. The predicted molar refractivity (Wildman–Crippen MR) is 77.2 cm³/mol. The average molecular weight is 280 g/mol. The number of thiazole rings is 1. The molecule has 3 nitrogen and oxygen atoms in total. The van der Waals surface area contributed by atoms with Crippen LogP contribution in [-0.2, 0) is 0 Å². The number of carbonyl (C=O) groups excluding carboxylic acids is 1. The molecule has 0 spiro atoms. The van der Waals surface area contributed by atoms with E-state index in [9.17, 15) is 4.79 Å². The van der Waals surface area contributed by atoms with Crippen LogP contribution in [0.5, 0.6) is 0 Å². The molecule has 0 aliphatic rings. The molecule has 0 N–H and O–H groups in total. The van der Waals surface area contributed by atoms with Crippen LogP contribution in [0.3, 0.4) is 0 Å². The zero-order chi connectivity index (χ0) is 13.1. The first-order valence-corrected chi connectivity index (χ1v) is 7.58. The fraction of sp³-hybridized carbons (Fsp3) is 0.385. The van der Waals surface area contributed by atoms with Crippen molar-refractivity contribution in [3.63, 3.8) is 0 Å². The first kappa shape index (κ1) is 13.2. The highest BCUT2D eigenvalue weighted by Crippen LogP contribution is 2.28. The minimum Gasteiger partial charge on any atom is -0.340 e. The molecular weight excluding hydrogens is 264 g/mol. The van der Waals surface area contributed by atoms with E-state index in [-0.39, 0.29) is 5.91 Å². The van der Waals surface area contributed by atoms with Crippen LogP contribution in [0.1, 0.15) is 24.3 Å². The Bertz CT molecular complexity index is 517. The SMILES string of the molecule is CC(C)CN(C)C(=O)c1csc(-c2cccs2)n1. The van der Waals surface area contributed by atoms with Gasteiger partial charge in [-0.25, -0.2) is 4.98 Å². The molecule has 0 aliphatic carbocycles. The van der Waals surface area contributed by atoms with Gasteiger partial charge in [-0.2, -0.15) is 0 Å². The van der Waals surface area contributed by atoms with E-state index in [0.717, 1.165) is 16.4 Å². The first-order valence-electron chi connectivity index (χ1n) is 5.83. The van der Waals surface area contributed by atoms with Crippen LogP contribution in [0.2, 0.25) is 0 Å². The Morgan fingerprint density at radius 2 is 2.22 bits per heavy atom. The first-order chi connectivity index (χ1) is 8.58. The van der Waals surface area contributed by atoms with Gasteiger partial charge in [0, 0.05) is 19.0 Å². The predicted octanol–water partition coefficient (Wildman–Crippen LogP) is 3.60. The number of hydrogen-bond acceptors (Lipinski definition) is 4. The van der Waals surface area contributed by atoms with Crippen molar-refractivity contribution >= 4 is 28.6 Å². The second-order valence-corrected chi connectivity index (χ2v) is 6.40. The summed E-state index contributed by atoms with van der Waals surface area (Å²) in [5.41, 5.74) is 0.548. The van der Waals surface area contributed by atoms with Crippen LogP contribution in [0.25, 0.3) is 9.88 Å². The second kappa shape index (κ2) is 5.63. The lowest BCUT2D eigenvalue weighted by Crippen LogP contribution is -2.30. The Labute approximate surface area is 115 Å². The maximum Gasteiger partial charge on any atom is 0.273 e. The van der Waals surface area contributed by atoms with Crippen molar-refractivity contribution in [1.29, 1.82) is 0 Å². The molecule has 2 heterocycles. The van der Waals surface area contributed by atoms with Crippen LogP contribution in [0.4, 0.5) is 0 Å². The zero-order valence-electron chi connectivity index (χ0n) is 10.7. The maximum absolute atomic E-state index is 12.1. The number of rotatable bonds is 4. The van der Waals surface area contributed by atoms with E-state index < -0.39 is 0 Å². The van der Waals surface area contributed by atoms with E-state index in [2.05, 4.69) is 18.8 Å². The number of thiophene rings is 1. The molecule has 0 atom stereocenters. The molecule has 0 unspecified atom stereocenters. The number of amides is 1. The molecule has 5 heteroatoms. The summed E-state index contributed by atoms with van der Waals surface area (Å²) in [6.45, 7) is 4.95. The van der Waals surface area contributed by atoms with Crippen molar-refractivity contribution in [2.45, 2.75) is 13.8 Å². The number of nitrogens with zero attached hydrogens (tertiary/aromatic N) is 2. The summed E-state index contributed by atoms with van der Waals surface area (Å²) in [4.78, 5) is 19.4. The fourth-order valence-corrected chi connectivity index (χ4v) is 3.32. The minimum atomic E-state index is 0.00255. The van der Waals surface area contributed by atoms with E-state index >= 15 is 0 Å². The van der Waals surface area contributed by atoms with Crippen molar-refractivity contribution in [1.82, 2.24) is 9.88 Å². The van der Waals surface area contributed by atoms with Gasteiger partial charge in [0.1, 0.15) is 10.7 Å². The van der Waals surface area contributed by atoms with E-state index in [0.29, 0.717) is 11.6 Å². The van der Waals surface area contributed by atoms with Gasteiger partial charge in [0.05, 0.1) is 4.88 Å². The third kappa shape index (κ3) is 2.97. The van der Waals surface area contributed by atoms with Crippen LogP contribution in [0.15, 0.2) is 22.9 Å². The molecular formula is C13H16N2OS2. The normalized spacial score (nSPS) is 10.9. The summed E-state index contributed by atoms with van der Waals surface area (Å²) in [6, 6.07) is 4.02. The van der Waals surface area contributed by atoms with Gasteiger partial charge in [0.25, 0.3) is 5.91 Å². The highest BCUT2D eigenvalue weighted by Gasteiger charge is 2.16. The van der Waals surface area contributed by atoms with E-state index in [1.807, 2.05) is 29.9 Å². The number of carbonyl (C=O) groups is 1. The van der Waals surface area contributed by atoms with Crippen molar-refractivity contribution in [2.75, 3.05) is 13.6 Å². The lowest BCUT2D eigenvalue weighted by Gasteiger charge is -2.17. The van der Waals surface area contributed by atoms with E-state index in [4.69, 9.17) is 0 Å². The topological polar surface area (TPSA) is 33.2 Å². The van der Waals surface area contributed by atoms with Crippen molar-refractivity contribution in [3.05, 3.63) is 28.6 Å². The monoisotopic (exact) mass is 280 g/mol. The molecule has 18 heavy (non-hydrogen) atoms. The molecule has 2 aromatic rings. The highest BCUT2D eigenvalue weighted by molar-refractivity contribution is 7.20. The molecule has 0 aliphatic heterocycles. The molecule has 0 radical (unpaired) electrons. The molecule has 0 saturated heterocycles. The Hall–Kier alpha value is -1.20. The molecule has 0 fully saturated rings. The van der Waals surface area contributed by atoms with E-state index in [1.165, 1.54) is 11.3 Å². The smallest absolute Gasteiger partial charge is 0.273 e. The summed E-state index contributed by atoms with van der Waals surface area (Å²) in [7, 11) is 1.83. The number of aromatic nitrogens is 1. The Kier molecular flexibility index (Phi) is 4.14. The molecule has 0 aromatic carbocycles. The second-order valence-electron chi connectivity index (χ2n) is 4.59. The van der Waals surface area contributed by atoms with Crippen LogP contribution in [-0.4, -0.2) is 29.4 Å². The van der Waals surface area contributed by atoms with E-state index in [1.54, 1.807) is 16.2 Å². The van der Waals surface area contributed by atoms with Crippen molar-refractivity contribution in [3.8, 4) is 9.88 Å². The molecule has 2 aromatic heterocycles. The summed E-state index contributed by atoms with van der Waals surface area (Å²) < 4.78 is 0. The maximum atomic E-state index is 12.1. The summed E-state index contributed by atoms with van der Waals surface area (Å²) >= 11 is 3.17. The molecule has 96 valence electrons. The Balaban J connectivity index is 2.13. The third-order valence-electron chi connectivity index (χ3n) is 2.44. The minimum absolute atomic E-state index is 0.00255. The van der Waals surface area contributed by atoms with Crippen molar-refractivity contribution < 1.29 is 4.79 Å². The van der Waals surface area contributed by atoms with Gasteiger partial charge in [0.15, 0.2) is 0 Å². The standard InChI is InChI=1S/C13H16N2OS2/c1-9(2)7-15(3)13(16)10-8-18-12(14-10)11-5-4-6-17-11/h4-6,8-9H,7H2,1-3H3. The van der Waals surface area contributed by atoms with Gasteiger partial charge in [-0.3, -0.25) is 4.79 Å². The fourth-order valence-electron chi connectivity index (χ4n) is 1.71. The molecule has 2 rings (SSSR count). The van der Waals surface area contributed by atoms with Gasteiger partial charge in [-0.15, -0.1) is 22.7 Å². The van der Waals surface area contributed by atoms with Gasteiger partial charge >= 0.3 is 0 Å². The van der Waals surface area contributed by atoms with Gasteiger partial charge < -0.3 is 4.90 Å². The third-order valence-corrected chi connectivity index (χ3v) is 4.32. The molecule has 0 saturated carbocycles. The van der Waals surface area contributed by atoms with Crippen LogP contribution in [0, 0.1) is 5.92 Å². The Morgan fingerprint density at radius 3 is 2.83 bits per heavy atom. The lowest BCUT2D eigenvalue weighted by atomic mass is 10.2. The van der Waals surface area contributed by atoms with Crippen LogP contribution >= 0.6 is 22.7 Å². The van der Waals surface area contributed by atoms with Gasteiger partial charge in [-0.05, 0) is 17.4 Å². The van der Waals surface area contributed by atoms with Gasteiger partial charge in [-0.1, -0.05) is 19.9 Å². The Morgan fingerprint density at radius 1 is 1.44 bits per heavy atom. The zero-order valence-corrected chi connectivity index (χ0v) is 12.3.